The van der Waals surface area contributed by atoms with E-state index in [0.717, 1.165) is 51.1 Å². The molecule has 0 saturated carbocycles. The van der Waals surface area contributed by atoms with E-state index in [-0.39, 0.29) is 6.04 Å². The number of piperidine rings is 1. The van der Waals surface area contributed by atoms with Gasteiger partial charge in [-0.3, -0.25) is 10.00 Å². The van der Waals surface area contributed by atoms with E-state index in [2.05, 4.69) is 31.6 Å². The van der Waals surface area contributed by atoms with Gasteiger partial charge in [-0.05, 0) is 25.8 Å². The summed E-state index contributed by atoms with van der Waals surface area (Å²) in [7, 11) is -3.28. The Labute approximate surface area is 143 Å². The van der Waals surface area contributed by atoms with Gasteiger partial charge in [0.25, 0.3) is 0 Å². The van der Waals surface area contributed by atoms with E-state index in [1.807, 2.05) is 12.4 Å². The zero-order valence-electron chi connectivity index (χ0n) is 14.3. The van der Waals surface area contributed by atoms with Gasteiger partial charge in [0.05, 0.1) is 24.5 Å². The molecule has 1 atom stereocenters. The van der Waals surface area contributed by atoms with Crippen molar-refractivity contribution in [3.8, 4) is 0 Å². The number of sulfone groups is 1. The van der Waals surface area contributed by atoms with Crippen LogP contribution in [0.25, 0.3) is 0 Å². The highest BCUT2D eigenvalue weighted by Crippen LogP contribution is 2.34. The summed E-state index contributed by atoms with van der Waals surface area (Å²) in [5.41, 5.74) is 0.714. The third kappa shape index (κ3) is 3.54. The lowest BCUT2D eigenvalue weighted by molar-refractivity contribution is 0.130. The van der Waals surface area contributed by atoms with E-state index >= 15 is 0 Å². The van der Waals surface area contributed by atoms with Crippen LogP contribution in [0.2, 0.25) is 0 Å². The number of nitrogens with zero attached hydrogens (tertiary/aromatic N) is 4. The van der Waals surface area contributed by atoms with Crippen molar-refractivity contribution in [3.63, 3.8) is 0 Å². The predicted molar refractivity (Wildman–Crippen MR) is 91.2 cm³/mol. The number of hydrogen-bond donors (Lipinski definition) is 1. The van der Waals surface area contributed by atoms with Crippen LogP contribution in [0.3, 0.4) is 0 Å². The van der Waals surface area contributed by atoms with Gasteiger partial charge in [0.15, 0.2) is 9.84 Å². The molecule has 3 rings (SSSR count). The van der Waals surface area contributed by atoms with Gasteiger partial charge < -0.3 is 4.57 Å². The first-order valence-electron chi connectivity index (χ1n) is 8.48. The van der Waals surface area contributed by atoms with Crippen LogP contribution in [0.4, 0.5) is 0 Å². The van der Waals surface area contributed by atoms with Crippen LogP contribution in [-0.4, -0.2) is 45.9 Å². The maximum Gasteiger partial charge on any atom is 0.178 e. The monoisotopic (exact) mass is 351 g/mol. The van der Waals surface area contributed by atoms with E-state index in [1.54, 1.807) is 0 Å². The molecule has 0 bridgehead atoms. The van der Waals surface area contributed by atoms with Crippen LogP contribution in [-0.2, 0) is 22.9 Å². The molecular formula is C16H25N5O2S. The Kier molecular flexibility index (Phi) is 5.05. The molecule has 0 spiro atoms. The SMILES string of the molecule is CCCn1ccnc1CN1CCCCC1c1[nH]ncc1S(C)(=O)=O. The number of imidazole rings is 1. The maximum absolute atomic E-state index is 12.0. The summed E-state index contributed by atoms with van der Waals surface area (Å²) in [5.74, 6) is 1.03. The third-order valence-electron chi connectivity index (χ3n) is 4.59. The zero-order valence-corrected chi connectivity index (χ0v) is 15.1. The lowest BCUT2D eigenvalue weighted by Gasteiger charge is -2.35. The Morgan fingerprint density at radius 2 is 2.21 bits per heavy atom. The zero-order chi connectivity index (χ0) is 17.2. The largest absolute Gasteiger partial charge is 0.334 e. The van der Waals surface area contributed by atoms with Crippen molar-refractivity contribution < 1.29 is 8.42 Å². The summed E-state index contributed by atoms with van der Waals surface area (Å²) in [6.07, 6.45) is 10.7. The van der Waals surface area contributed by atoms with Gasteiger partial charge in [-0.15, -0.1) is 0 Å². The fraction of sp³-hybridized carbons (Fsp3) is 0.625. The summed E-state index contributed by atoms with van der Waals surface area (Å²) in [6.45, 7) is 4.76. The Morgan fingerprint density at radius 3 is 2.96 bits per heavy atom. The molecule has 24 heavy (non-hydrogen) atoms. The number of H-pyrrole nitrogens is 1. The molecule has 0 aromatic carbocycles. The quantitative estimate of drug-likeness (QED) is 0.862. The van der Waals surface area contributed by atoms with Gasteiger partial charge in [0, 0.05) is 25.2 Å². The van der Waals surface area contributed by atoms with Crippen molar-refractivity contribution in [2.45, 2.75) is 56.6 Å². The fourth-order valence-electron chi connectivity index (χ4n) is 3.44. The molecule has 7 nitrogen and oxygen atoms in total. The van der Waals surface area contributed by atoms with Crippen molar-refractivity contribution in [2.24, 2.45) is 0 Å². The second-order valence-electron chi connectivity index (χ2n) is 6.44. The lowest BCUT2D eigenvalue weighted by atomic mass is 9.99. The van der Waals surface area contributed by atoms with Crippen LogP contribution in [0, 0.1) is 0 Å². The van der Waals surface area contributed by atoms with Gasteiger partial charge >= 0.3 is 0 Å². The molecule has 132 valence electrons. The third-order valence-corrected chi connectivity index (χ3v) is 5.71. The minimum absolute atomic E-state index is 0.0396. The highest BCUT2D eigenvalue weighted by atomic mass is 32.2. The van der Waals surface area contributed by atoms with Gasteiger partial charge in [-0.2, -0.15) is 5.10 Å². The Hall–Kier alpha value is -1.67. The molecule has 8 heteroatoms. The molecule has 0 radical (unpaired) electrons. The minimum atomic E-state index is -3.28. The van der Waals surface area contributed by atoms with Gasteiger partial charge in [0.1, 0.15) is 10.7 Å². The minimum Gasteiger partial charge on any atom is -0.334 e. The lowest BCUT2D eigenvalue weighted by Crippen LogP contribution is -2.34. The van der Waals surface area contributed by atoms with E-state index in [9.17, 15) is 8.42 Å². The Morgan fingerprint density at radius 1 is 1.38 bits per heavy atom. The highest BCUT2D eigenvalue weighted by Gasteiger charge is 2.30. The number of rotatable bonds is 6. The summed E-state index contributed by atoms with van der Waals surface area (Å²) in [5, 5.41) is 6.92. The summed E-state index contributed by atoms with van der Waals surface area (Å²) in [6, 6.07) is 0.0396. The normalized spacial score (nSPS) is 19.7. The van der Waals surface area contributed by atoms with E-state index in [1.165, 1.54) is 12.5 Å². The smallest absolute Gasteiger partial charge is 0.178 e. The second-order valence-corrected chi connectivity index (χ2v) is 8.42. The molecule has 1 fully saturated rings. The topological polar surface area (TPSA) is 83.9 Å². The van der Waals surface area contributed by atoms with Crippen LogP contribution in [0.15, 0.2) is 23.5 Å². The van der Waals surface area contributed by atoms with Crippen LogP contribution >= 0.6 is 0 Å². The molecular weight excluding hydrogens is 326 g/mol. The number of aromatic nitrogens is 4. The first-order valence-corrected chi connectivity index (χ1v) is 10.4. The van der Waals surface area contributed by atoms with Crippen molar-refractivity contribution in [1.82, 2.24) is 24.6 Å². The Balaban J connectivity index is 1.87. The number of hydrogen-bond acceptors (Lipinski definition) is 5. The summed E-state index contributed by atoms with van der Waals surface area (Å²) >= 11 is 0. The van der Waals surface area contributed by atoms with Crippen molar-refractivity contribution in [1.29, 1.82) is 0 Å². The van der Waals surface area contributed by atoms with Gasteiger partial charge in [0.2, 0.25) is 0 Å². The fourth-order valence-corrected chi connectivity index (χ4v) is 4.27. The van der Waals surface area contributed by atoms with Crippen LogP contribution < -0.4 is 0 Å². The second kappa shape index (κ2) is 7.06. The van der Waals surface area contributed by atoms with E-state index < -0.39 is 9.84 Å². The molecule has 1 aliphatic rings. The molecule has 2 aromatic rings. The molecule has 1 saturated heterocycles. The standard InChI is InChI=1S/C16H25N5O2S/c1-3-8-20-10-7-17-15(20)12-21-9-5-4-6-13(21)16-14(11-18-19-16)24(2,22)23/h7,10-11,13H,3-6,8-9,12H2,1-2H3,(H,18,19). The van der Waals surface area contributed by atoms with E-state index in [4.69, 9.17) is 0 Å². The maximum atomic E-state index is 12.0. The first-order chi connectivity index (χ1) is 11.5. The first kappa shape index (κ1) is 17.2. The van der Waals surface area contributed by atoms with Gasteiger partial charge in [-0.25, -0.2) is 13.4 Å². The Bertz CT molecular complexity index is 780. The predicted octanol–water partition coefficient (Wildman–Crippen LogP) is 2.15. The van der Waals surface area contributed by atoms with Crippen molar-refractivity contribution in [3.05, 3.63) is 30.1 Å². The molecule has 0 aliphatic carbocycles. The average molecular weight is 351 g/mol. The summed E-state index contributed by atoms with van der Waals surface area (Å²) in [4.78, 5) is 7.13. The number of aromatic amines is 1. The van der Waals surface area contributed by atoms with Crippen molar-refractivity contribution in [2.75, 3.05) is 12.8 Å². The molecule has 1 N–H and O–H groups in total. The molecule has 3 heterocycles. The van der Waals surface area contributed by atoms with Crippen molar-refractivity contribution >= 4 is 9.84 Å². The molecule has 0 amide bonds. The molecule has 1 unspecified atom stereocenters. The average Bonchev–Trinajstić information content (AvgIpc) is 3.18. The van der Waals surface area contributed by atoms with E-state index in [0.29, 0.717) is 10.6 Å². The number of nitrogens with one attached hydrogen (secondary N) is 1. The summed E-state index contributed by atoms with van der Waals surface area (Å²) < 4.78 is 26.2. The number of aryl methyl sites for hydroxylation is 1. The van der Waals surface area contributed by atoms with Crippen LogP contribution in [0.1, 0.15) is 50.2 Å². The highest BCUT2D eigenvalue weighted by molar-refractivity contribution is 7.90. The van der Waals surface area contributed by atoms with Crippen LogP contribution in [0.5, 0.6) is 0 Å². The number of likely N-dealkylation sites (tertiary alicyclic amines) is 1. The van der Waals surface area contributed by atoms with Gasteiger partial charge in [-0.1, -0.05) is 13.3 Å². The molecule has 1 aliphatic heterocycles. The molecule has 2 aromatic heterocycles.